The molecule has 1 amide bonds. The van der Waals surface area contributed by atoms with Crippen molar-refractivity contribution in [3.63, 3.8) is 0 Å². The average molecular weight is 471 g/mol. The number of aromatic amines is 1. The fourth-order valence-electron chi connectivity index (χ4n) is 4.27. The Morgan fingerprint density at radius 3 is 2.58 bits per heavy atom. The van der Waals surface area contributed by atoms with Crippen molar-refractivity contribution < 1.29 is 9.18 Å². The van der Waals surface area contributed by atoms with E-state index in [-0.39, 0.29) is 11.4 Å². The molecule has 0 bridgehead atoms. The van der Waals surface area contributed by atoms with Gasteiger partial charge < -0.3 is 15.2 Å². The van der Waals surface area contributed by atoms with Crippen molar-refractivity contribution in [2.24, 2.45) is 0 Å². The zero-order valence-corrected chi connectivity index (χ0v) is 19.8. The topological polar surface area (TPSA) is 86.3 Å². The number of nitrogens with zero attached hydrogens (tertiary/aromatic N) is 4. The van der Waals surface area contributed by atoms with Gasteiger partial charge in [0.2, 0.25) is 0 Å². The molecule has 1 aromatic carbocycles. The number of aromatic nitrogens is 3. The Kier molecular flexibility index (Phi) is 6.57. The summed E-state index contributed by atoms with van der Waals surface area (Å²) in [5, 5.41) is 3.13. The SMILES string of the molecule is CCn1c(=O)[nH]c2c(F)c(CN3CCN(c4ccc(C(=O)NC)nc4C)CC3)ccc2c1=S. The number of piperazine rings is 1. The molecule has 0 aliphatic carbocycles. The van der Waals surface area contributed by atoms with Crippen molar-refractivity contribution in [3.8, 4) is 0 Å². The first-order valence-corrected chi connectivity index (χ1v) is 11.4. The number of hydrogen-bond acceptors (Lipinski definition) is 6. The second-order valence-electron chi connectivity index (χ2n) is 8.08. The van der Waals surface area contributed by atoms with Gasteiger partial charge in [-0.1, -0.05) is 18.3 Å². The van der Waals surface area contributed by atoms with Gasteiger partial charge in [-0.25, -0.2) is 14.2 Å². The van der Waals surface area contributed by atoms with E-state index in [0.717, 1.165) is 37.6 Å². The van der Waals surface area contributed by atoms with Crippen LogP contribution in [0.2, 0.25) is 0 Å². The van der Waals surface area contributed by atoms with E-state index in [1.165, 1.54) is 4.57 Å². The number of rotatable bonds is 5. The molecule has 33 heavy (non-hydrogen) atoms. The molecule has 10 heteroatoms. The first-order chi connectivity index (χ1) is 15.8. The lowest BCUT2D eigenvalue weighted by Crippen LogP contribution is -2.46. The molecule has 3 heterocycles. The third kappa shape index (κ3) is 4.40. The minimum Gasteiger partial charge on any atom is -0.368 e. The molecule has 1 fully saturated rings. The lowest BCUT2D eigenvalue weighted by molar-refractivity contribution is 0.0958. The Morgan fingerprint density at radius 2 is 1.94 bits per heavy atom. The van der Waals surface area contributed by atoms with E-state index in [1.54, 1.807) is 25.2 Å². The van der Waals surface area contributed by atoms with Gasteiger partial charge in [0.25, 0.3) is 5.91 Å². The predicted molar refractivity (Wildman–Crippen MR) is 129 cm³/mol. The van der Waals surface area contributed by atoms with Crippen LogP contribution in [-0.4, -0.2) is 58.6 Å². The second-order valence-corrected chi connectivity index (χ2v) is 8.47. The largest absolute Gasteiger partial charge is 0.368 e. The van der Waals surface area contributed by atoms with Crippen LogP contribution < -0.4 is 15.9 Å². The summed E-state index contributed by atoms with van der Waals surface area (Å²) < 4.78 is 17.0. The molecule has 2 N–H and O–H groups in total. The van der Waals surface area contributed by atoms with E-state index in [4.69, 9.17) is 12.2 Å². The molecule has 0 saturated carbocycles. The molecular weight excluding hydrogens is 443 g/mol. The Labute approximate surface area is 196 Å². The summed E-state index contributed by atoms with van der Waals surface area (Å²) in [6.07, 6.45) is 0. The van der Waals surface area contributed by atoms with Crippen LogP contribution in [0.3, 0.4) is 0 Å². The average Bonchev–Trinajstić information content (AvgIpc) is 2.81. The molecule has 1 saturated heterocycles. The molecular formula is C23H27FN6O2S. The summed E-state index contributed by atoms with van der Waals surface area (Å²) in [6, 6.07) is 7.20. The number of halogens is 1. The summed E-state index contributed by atoms with van der Waals surface area (Å²) >= 11 is 5.38. The van der Waals surface area contributed by atoms with E-state index in [1.807, 2.05) is 19.9 Å². The maximum atomic E-state index is 15.2. The number of amides is 1. The highest BCUT2D eigenvalue weighted by molar-refractivity contribution is 7.71. The molecule has 3 aromatic rings. The lowest BCUT2D eigenvalue weighted by Gasteiger charge is -2.36. The molecule has 0 atom stereocenters. The van der Waals surface area contributed by atoms with Crippen LogP contribution in [0.5, 0.6) is 0 Å². The van der Waals surface area contributed by atoms with E-state index < -0.39 is 11.5 Å². The van der Waals surface area contributed by atoms with Crippen LogP contribution in [0.25, 0.3) is 10.9 Å². The predicted octanol–water partition coefficient (Wildman–Crippen LogP) is 2.60. The Hall–Kier alpha value is -3.11. The number of fused-ring (bicyclic) bond motifs is 1. The normalized spacial score (nSPS) is 14.6. The fourth-order valence-corrected chi connectivity index (χ4v) is 4.65. The number of hydrogen-bond donors (Lipinski definition) is 2. The van der Waals surface area contributed by atoms with E-state index >= 15 is 4.39 Å². The quantitative estimate of drug-likeness (QED) is 0.558. The summed E-state index contributed by atoms with van der Waals surface area (Å²) in [5.74, 6) is -0.632. The number of benzene rings is 1. The Bertz CT molecular complexity index is 1330. The number of carbonyl (C=O) groups excluding carboxylic acids is 1. The van der Waals surface area contributed by atoms with Crippen LogP contribution in [0, 0.1) is 17.4 Å². The molecule has 174 valence electrons. The molecule has 4 rings (SSSR count). The molecule has 0 radical (unpaired) electrons. The van der Waals surface area contributed by atoms with Gasteiger partial charge >= 0.3 is 5.69 Å². The van der Waals surface area contributed by atoms with Crippen LogP contribution in [0.1, 0.15) is 28.7 Å². The van der Waals surface area contributed by atoms with E-state index in [9.17, 15) is 9.59 Å². The van der Waals surface area contributed by atoms with Gasteiger partial charge in [0, 0.05) is 57.3 Å². The van der Waals surface area contributed by atoms with Crippen molar-refractivity contribution in [2.75, 3.05) is 38.1 Å². The van der Waals surface area contributed by atoms with Gasteiger partial charge in [-0.2, -0.15) is 0 Å². The highest BCUT2D eigenvalue weighted by Crippen LogP contribution is 2.23. The maximum Gasteiger partial charge on any atom is 0.327 e. The Morgan fingerprint density at radius 1 is 1.21 bits per heavy atom. The van der Waals surface area contributed by atoms with Gasteiger partial charge in [-0.3, -0.25) is 14.3 Å². The van der Waals surface area contributed by atoms with Crippen LogP contribution in [0.4, 0.5) is 10.1 Å². The van der Waals surface area contributed by atoms with Crippen molar-refractivity contribution >= 4 is 34.7 Å². The summed E-state index contributed by atoms with van der Waals surface area (Å²) in [5.41, 5.74) is 2.50. The van der Waals surface area contributed by atoms with Gasteiger partial charge in [0.1, 0.15) is 10.3 Å². The fraction of sp³-hybridized carbons (Fsp3) is 0.391. The first kappa shape index (κ1) is 23.1. The van der Waals surface area contributed by atoms with Crippen molar-refractivity contribution in [1.82, 2.24) is 24.8 Å². The van der Waals surface area contributed by atoms with Crippen molar-refractivity contribution in [1.29, 1.82) is 0 Å². The summed E-state index contributed by atoms with van der Waals surface area (Å²) in [4.78, 5) is 35.5. The van der Waals surface area contributed by atoms with E-state index in [2.05, 4.69) is 25.1 Å². The zero-order valence-electron chi connectivity index (χ0n) is 18.9. The molecule has 0 unspecified atom stereocenters. The highest BCUT2D eigenvalue weighted by Gasteiger charge is 2.21. The van der Waals surface area contributed by atoms with Gasteiger partial charge in [0.05, 0.1) is 16.9 Å². The van der Waals surface area contributed by atoms with Gasteiger partial charge in [-0.05, 0) is 32.0 Å². The molecule has 1 aliphatic rings. The molecule has 1 aliphatic heterocycles. The van der Waals surface area contributed by atoms with Crippen LogP contribution >= 0.6 is 12.2 Å². The molecule has 2 aromatic heterocycles. The second kappa shape index (κ2) is 9.40. The number of carbonyl (C=O) groups is 1. The van der Waals surface area contributed by atoms with E-state index in [0.29, 0.717) is 34.4 Å². The van der Waals surface area contributed by atoms with Crippen molar-refractivity contribution in [3.05, 3.63) is 62.2 Å². The van der Waals surface area contributed by atoms with Crippen molar-refractivity contribution in [2.45, 2.75) is 26.9 Å². The maximum absolute atomic E-state index is 15.2. The number of nitrogens with one attached hydrogen (secondary N) is 2. The standard InChI is InChI=1S/C23H27FN6O2S/c1-4-30-22(33)16-6-5-15(19(24)20(16)27-23(30)32)13-28-9-11-29(12-10-28)18-8-7-17(21(31)25-3)26-14(18)2/h5-8H,4,9-13H2,1-3H3,(H,25,31)(H,27,32). The van der Waals surface area contributed by atoms with Gasteiger partial charge in [-0.15, -0.1) is 0 Å². The number of anilines is 1. The Balaban J connectivity index is 1.48. The summed E-state index contributed by atoms with van der Waals surface area (Å²) in [6.45, 7) is 7.63. The minimum absolute atomic E-state index is 0.170. The number of aryl methyl sites for hydroxylation is 1. The molecule has 0 spiro atoms. The summed E-state index contributed by atoms with van der Waals surface area (Å²) in [7, 11) is 1.58. The monoisotopic (exact) mass is 470 g/mol. The third-order valence-electron chi connectivity index (χ3n) is 6.12. The smallest absolute Gasteiger partial charge is 0.327 e. The number of pyridine rings is 1. The lowest BCUT2D eigenvalue weighted by atomic mass is 10.1. The molecule has 8 nitrogen and oxygen atoms in total. The minimum atomic E-state index is -0.425. The van der Waals surface area contributed by atoms with Crippen LogP contribution in [-0.2, 0) is 13.1 Å². The first-order valence-electron chi connectivity index (χ1n) is 10.9. The van der Waals surface area contributed by atoms with Gasteiger partial charge in [0.15, 0.2) is 5.82 Å². The number of H-pyrrole nitrogens is 1. The third-order valence-corrected chi connectivity index (χ3v) is 6.56. The zero-order chi connectivity index (χ0) is 23.7. The van der Waals surface area contributed by atoms with Crippen LogP contribution in [0.15, 0.2) is 29.1 Å². The highest BCUT2D eigenvalue weighted by atomic mass is 32.1.